The second-order valence-corrected chi connectivity index (χ2v) is 7.64. The number of carbonyl (C=O) groups excluding carboxylic acids is 2. The van der Waals surface area contributed by atoms with Gasteiger partial charge in [-0.05, 0) is 30.3 Å². The summed E-state index contributed by atoms with van der Waals surface area (Å²) in [6.07, 6.45) is -5.79. The van der Waals surface area contributed by atoms with Gasteiger partial charge in [-0.15, -0.1) is 0 Å². The van der Waals surface area contributed by atoms with E-state index >= 15 is 0 Å². The summed E-state index contributed by atoms with van der Waals surface area (Å²) in [5.74, 6) is -2.55. The second-order valence-electron chi connectivity index (χ2n) is 6.39. The Morgan fingerprint density at radius 1 is 1.14 bits per heavy atom. The highest BCUT2D eigenvalue weighted by molar-refractivity contribution is 6.42. The summed E-state index contributed by atoms with van der Waals surface area (Å²) in [6, 6.07) is 7.84. The van der Waals surface area contributed by atoms with Crippen molar-refractivity contribution < 1.29 is 22.8 Å². The van der Waals surface area contributed by atoms with Gasteiger partial charge in [0, 0.05) is 10.6 Å². The molecule has 1 aliphatic rings. The first-order valence-corrected chi connectivity index (χ1v) is 9.23. The molecule has 29 heavy (non-hydrogen) atoms. The summed E-state index contributed by atoms with van der Waals surface area (Å²) in [4.78, 5) is 29.3. The third kappa shape index (κ3) is 2.97. The number of hydrogen-bond donors (Lipinski definition) is 1. The summed E-state index contributed by atoms with van der Waals surface area (Å²) in [5, 5.41) is 2.11. The number of imidazole rings is 1. The zero-order valence-corrected chi connectivity index (χ0v) is 16.4. The summed E-state index contributed by atoms with van der Waals surface area (Å²) in [5.41, 5.74) is -3.43. The number of Topliss-reactive ketones (excluding diaryl/α,β-unsaturated/α-hetero) is 1. The van der Waals surface area contributed by atoms with Crippen LogP contribution in [0, 0.1) is 0 Å². The minimum Gasteiger partial charge on any atom is -0.315 e. The quantitative estimate of drug-likeness (QED) is 0.597. The summed E-state index contributed by atoms with van der Waals surface area (Å²) < 4.78 is 43.6. The van der Waals surface area contributed by atoms with Crippen molar-refractivity contribution in [3.63, 3.8) is 0 Å². The first kappa shape index (κ1) is 20.0. The van der Waals surface area contributed by atoms with E-state index in [1.807, 2.05) is 5.32 Å². The topological polar surface area (TPSA) is 64.0 Å². The van der Waals surface area contributed by atoms with Crippen LogP contribution in [-0.2, 0) is 16.9 Å². The minimum atomic E-state index is -5.16. The molecule has 0 saturated heterocycles. The maximum absolute atomic E-state index is 14.3. The summed E-state index contributed by atoms with van der Waals surface area (Å²) in [6.45, 7) is 0. The van der Waals surface area contributed by atoms with E-state index in [1.54, 1.807) is 0 Å². The van der Waals surface area contributed by atoms with E-state index in [4.69, 9.17) is 34.8 Å². The van der Waals surface area contributed by atoms with Gasteiger partial charge in [-0.2, -0.15) is 13.2 Å². The van der Waals surface area contributed by atoms with E-state index in [0.29, 0.717) is 4.57 Å². The monoisotopic (exact) mass is 461 g/mol. The third-order valence-electron chi connectivity index (χ3n) is 4.62. The number of carbonyl (C=O) groups is 2. The third-order valence-corrected chi connectivity index (χ3v) is 5.57. The SMILES string of the molecule is O=C(NC1(C(F)(F)F)C(=O)Cc2nc3cc(Cl)c(Cl)cc3n21)c1cccc(Cl)c1. The van der Waals surface area contributed by atoms with Crippen LogP contribution >= 0.6 is 34.8 Å². The molecule has 0 aliphatic carbocycles. The van der Waals surface area contributed by atoms with Gasteiger partial charge in [-0.3, -0.25) is 14.2 Å². The number of alkyl halides is 3. The van der Waals surface area contributed by atoms with Gasteiger partial charge < -0.3 is 5.32 Å². The molecule has 11 heteroatoms. The number of nitrogens with one attached hydrogen (secondary N) is 1. The normalized spacial score (nSPS) is 18.9. The molecule has 1 N–H and O–H groups in total. The van der Waals surface area contributed by atoms with E-state index in [-0.39, 0.29) is 37.5 Å². The summed E-state index contributed by atoms with van der Waals surface area (Å²) in [7, 11) is 0. The number of ketones is 1. The van der Waals surface area contributed by atoms with Crippen molar-refractivity contribution in [2.45, 2.75) is 18.3 Å². The molecule has 1 unspecified atom stereocenters. The molecule has 0 fully saturated rings. The van der Waals surface area contributed by atoms with E-state index in [9.17, 15) is 22.8 Å². The molecule has 0 bridgehead atoms. The molecule has 150 valence electrons. The Hall–Kier alpha value is -2.29. The highest BCUT2D eigenvalue weighted by atomic mass is 35.5. The lowest BCUT2D eigenvalue weighted by atomic mass is 10.0. The molecule has 2 heterocycles. The number of halogens is 6. The predicted molar refractivity (Wildman–Crippen MR) is 101 cm³/mol. The van der Waals surface area contributed by atoms with Crippen LogP contribution in [0.4, 0.5) is 13.2 Å². The van der Waals surface area contributed by atoms with Crippen molar-refractivity contribution in [1.29, 1.82) is 0 Å². The maximum atomic E-state index is 14.3. The van der Waals surface area contributed by atoms with Crippen LogP contribution in [-0.4, -0.2) is 27.4 Å². The lowest BCUT2D eigenvalue weighted by Gasteiger charge is -2.33. The molecule has 1 amide bonds. The highest BCUT2D eigenvalue weighted by Gasteiger charge is 2.66. The molecule has 1 atom stereocenters. The zero-order valence-electron chi connectivity index (χ0n) is 14.1. The fourth-order valence-corrected chi connectivity index (χ4v) is 3.87. The number of fused-ring (bicyclic) bond motifs is 3. The van der Waals surface area contributed by atoms with Crippen molar-refractivity contribution in [1.82, 2.24) is 14.9 Å². The fraction of sp³-hybridized carbons (Fsp3) is 0.167. The lowest BCUT2D eigenvalue weighted by molar-refractivity contribution is -0.214. The minimum absolute atomic E-state index is 0.0153. The van der Waals surface area contributed by atoms with E-state index < -0.39 is 30.0 Å². The van der Waals surface area contributed by atoms with Crippen LogP contribution in [0.5, 0.6) is 0 Å². The average Bonchev–Trinajstić information content (AvgIpc) is 3.09. The molecule has 0 radical (unpaired) electrons. The van der Waals surface area contributed by atoms with Gasteiger partial charge in [-0.1, -0.05) is 40.9 Å². The first-order chi connectivity index (χ1) is 13.5. The van der Waals surface area contributed by atoms with Crippen LogP contribution < -0.4 is 5.32 Å². The second kappa shape index (κ2) is 6.62. The number of aromatic nitrogens is 2. The Morgan fingerprint density at radius 3 is 2.48 bits per heavy atom. The van der Waals surface area contributed by atoms with E-state index in [2.05, 4.69) is 4.98 Å². The molecule has 2 aromatic carbocycles. The van der Waals surface area contributed by atoms with Gasteiger partial charge in [0.05, 0.1) is 27.5 Å². The van der Waals surface area contributed by atoms with Crippen LogP contribution in [0.15, 0.2) is 36.4 Å². The lowest BCUT2D eigenvalue weighted by Crippen LogP contribution is -2.62. The summed E-state index contributed by atoms with van der Waals surface area (Å²) >= 11 is 17.7. The van der Waals surface area contributed by atoms with Gasteiger partial charge in [-0.25, -0.2) is 4.98 Å². The highest BCUT2D eigenvalue weighted by Crippen LogP contribution is 2.44. The molecule has 1 aliphatic heterocycles. The molecule has 4 rings (SSSR count). The van der Waals surface area contributed by atoms with Crippen molar-refractivity contribution in [3.05, 3.63) is 62.9 Å². The molecule has 0 saturated carbocycles. The Labute approximate surface area is 176 Å². The molecule has 5 nitrogen and oxygen atoms in total. The number of hydrogen-bond acceptors (Lipinski definition) is 3. The van der Waals surface area contributed by atoms with Gasteiger partial charge in [0.2, 0.25) is 0 Å². The predicted octanol–water partition coefficient (Wildman–Crippen LogP) is 4.77. The van der Waals surface area contributed by atoms with Gasteiger partial charge in [0.15, 0.2) is 5.78 Å². The van der Waals surface area contributed by atoms with E-state index in [0.717, 1.165) is 0 Å². The van der Waals surface area contributed by atoms with Crippen molar-refractivity contribution >= 4 is 57.5 Å². The standard InChI is InChI=1S/C18H9Cl3F3N3O2/c19-9-3-1-2-8(4-9)16(29)26-17(18(22,23)24)14(28)7-15-25-12-5-10(20)11(21)6-13(12)27(15)17/h1-6H,7H2,(H,26,29). The van der Waals surface area contributed by atoms with Crippen molar-refractivity contribution in [3.8, 4) is 0 Å². The Morgan fingerprint density at radius 2 is 1.83 bits per heavy atom. The zero-order chi connectivity index (χ0) is 21.1. The number of rotatable bonds is 2. The molecule has 0 spiro atoms. The largest absolute Gasteiger partial charge is 0.438 e. The Kier molecular flexibility index (Phi) is 4.56. The molecular weight excluding hydrogens is 454 g/mol. The number of nitrogens with zero attached hydrogens (tertiary/aromatic N) is 2. The van der Waals surface area contributed by atoms with Crippen molar-refractivity contribution in [2.75, 3.05) is 0 Å². The van der Waals surface area contributed by atoms with Crippen LogP contribution in [0.1, 0.15) is 16.2 Å². The molecule has 3 aromatic rings. The van der Waals surface area contributed by atoms with Crippen LogP contribution in [0.25, 0.3) is 11.0 Å². The maximum Gasteiger partial charge on any atom is 0.438 e. The Bertz CT molecular complexity index is 1190. The molecule has 1 aromatic heterocycles. The smallest absolute Gasteiger partial charge is 0.315 e. The van der Waals surface area contributed by atoms with Crippen LogP contribution in [0.2, 0.25) is 15.1 Å². The van der Waals surface area contributed by atoms with Gasteiger partial charge in [0.25, 0.3) is 11.6 Å². The van der Waals surface area contributed by atoms with Crippen LogP contribution in [0.3, 0.4) is 0 Å². The van der Waals surface area contributed by atoms with Crippen molar-refractivity contribution in [2.24, 2.45) is 0 Å². The number of benzene rings is 2. The Balaban J connectivity index is 1.93. The fourth-order valence-electron chi connectivity index (χ4n) is 3.36. The number of amides is 1. The van der Waals surface area contributed by atoms with E-state index in [1.165, 1.54) is 36.4 Å². The molecular formula is C18H9Cl3F3N3O2. The van der Waals surface area contributed by atoms with Gasteiger partial charge >= 0.3 is 6.18 Å². The first-order valence-electron chi connectivity index (χ1n) is 8.09. The average molecular weight is 463 g/mol. The van der Waals surface area contributed by atoms with Gasteiger partial charge in [0.1, 0.15) is 5.82 Å².